The van der Waals surface area contributed by atoms with Crippen LogP contribution in [0.3, 0.4) is 0 Å². The maximum absolute atomic E-state index is 12.6. The van der Waals surface area contributed by atoms with E-state index < -0.39 is 4.92 Å². The van der Waals surface area contributed by atoms with Crippen molar-refractivity contribution in [1.29, 1.82) is 0 Å². The molecule has 3 N–H and O–H groups in total. The third-order valence-corrected chi connectivity index (χ3v) is 5.61. The summed E-state index contributed by atoms with van der Waals surface area (Å²) in [6.45, 7) is 3.62. The molecule has 1 aromatic rings. The average Bonchev–Trinajstić information content (AvgIpc) is 2.69. The molecule has 29 heavy (non-hydrogen) atoms. The second-order valence-corrected chi connectivity index (χ2v) is 7.54. The minimum Gasteiger partial charge on any atom is -0.362 e. The summed E-state index contributed by atoms with van der Waals surface area (Å²) in [5.41, 5.74) is 6.57. The number of nitrogens with zero attached hydrogens (tertiary/aromatic N) is 3. The number of carbonyl (C=O) groups is 2. The van der Waals surface area contributed by atoms with Gasteiger partial charge in [0, 0.05) is 56.8 Å². The van der Waals surface area contributed by atoms with Crippen molar-refractivity contribution < 1.29 is 14.5 Å². The van der Waals surface area contributed by atoms with Gasteiger partial charge in [-0.2, -0.15) is 0 Å². The molecule has 0 aromatic heterocycles. The van der Waals surface area contributed by atoms with E-state index in [-0.39, 0.29) is 47.6 Å². The number of benzene rings is 1. The van der Waals surface area contributed by atoms with E-state index in [1.807, 2.05) is 4.90 Å². The third-order valence-electron chi connectivity index (χ3n) is 5.61. The second-order valence-electron chi connectivity index (χ2n) is 7.54. The Kier molecular flexibility index (Phi) is 7.80. The maximum Gasteiger partial charge on any atom is 0.293 e. The largest absolute Gasteiger partial charge is 0.362 e. The third kappa shape index (κ3) is 5.57. The standard InChI is InChI=1S/C19H27N5O4.ClH/c1-13(25)22-8-10-23(11-9-22)17-7-2-14(12-18(17)24(27)28)19(26)21-16-5-3-15(20)4-6-16;/h2,7,12,15-16H,3-6,8-11,20H2,1H3,(H,21,26);1H. The lowest BCUT2D eigenvalue weighted by Crippen LogP contribution is -2.48. The average molecular weight is 426 g/mol. The maximum atomic E-state index is 12.6. The highest BCUT2D eigenvalue weighted by Crippen LogP contribution is 2.30. The highest BCUT2D eigenvalue weighted by atomic mass is 35.5. The van der Waals surface area contributed by atoms with E-state index in [0.717, 1.165) is 25.7 Å². The summed E-state index contributed by atoms with van der Waals surface area (Å²) in [6, 6.07) is 4.86. The molecule has 9 nitrogen and oxygen atoms in total. The lowest BCUT2D eigenvalue weighted by Gasteiger charge is -2.35. The molecule has 2 fully saturated rings. The van der Waals surface area contributed by atoms with Gasteiger partial charge in [0.05, 0.1) is 4.92 Å². The first-order valence-electron chi connectivity index (χ1n) is 9.70. The van der Waals surface area contributed by atoms with Gasteiger partial charge in [-0.15, -0.1) is 12.4 Å². The first-order chi connectivity index (χ1) is 13.3. The van der Waals surface area contributed by atoms with Gasteiger partial charge in [-0.3, -0.25) is 19.7 Å². The van der Waals surface area contributed by atoms with Crippen LogP contribution in [0, 0.1) is 10.1 Å². The molecule has 0 unspecified atom stereocenters. The van der Waals surface area contributed by atoms with Crippen LogP contribution in [0.15, 0.2) is 18.2 Å². The number of rotatable bonds is 4. The molecule has 160 valence electrons. The Bertz CT molecular complexity index is 759. The van der Waals surface area contributed by atoms with Crippen molar-refractivity contribution >= 4 is 35.6 Å². The summed E-state index contributed by atoms with van der Waals surface area (Å²) in [5.74, 6) is -0.290. The fraction of sp³-hybridized carbons (Fsp3) is 0.579. The van der Waals surface area contributed by atoms with Gasteiger partial charge in [0.15, 0.2) is 0 Å². The van der Waals surface area contributed by atoms with Gasteiger partial charge >= 0.3 is 0 Å². The van der Waals surface area contributed by atoms with Gasteiger partial charge in [0.2, 0.25) is 5.91 Å². The molecule has 10 heteroatoms. The molecule has 0 spiro atoms. The normalized spacial score (nSPS) is 21.9. The van der Waals surface area contributed by atoms with Gasteiger partial charge < -0.3 is 20.9 Å². The number of carbonyl (C=O) groups excluding carboxylic acids is 2. The van der Waals surface area contributed by atoms with Crippen LogP contribution in [0.2, 0.25) is 0 Å². The SMILES string of the molecule is CC(=O)N1CCN(c2ccc(C(=O)NC3CCC(N)CC3)cc2[N+](=O)[O-])CC1.Cl. The van der Waals surface area contributed by atoms with Gasteiger partial charge in [0.25, 0.3) is 11.6 Å². The van der Waals surface area contributed by atoms with Crippen LogP contribution >= 0.6 is 12.4 Å². The van der Waals surface area contributed by atoms with Crippen LogP contribution in [0.25, 0.3) is 0 Å². The van der Waals surface area contributed by atoms with E-state index in [2.05, 4.69) is 5.32 Å². The summed E-state index contributed by atoms with van der Waals surface area (Å²) >= 11 is 0. The van der Waals surface area contributed by atoms with Crippen LogP contribution in [0.1, 0.15) is 43.0 Å². The number of nitro groups is 1. The highest BCUT2D eigenvalue weighted by Gasteiger charge is 2.27. The first-order valence-corrected chi connectivity index (χ1v) is 9.70. The summed E-state index contributed by atoms with van der Waals surface area (Å²) < 4.78 is 0. The molecule has 1 saturated carbocycles. The molecular formula is C19H28ClN5O4. The minimum absolute atomic E-state index is 0. The Morgan fingerprint density at radius 2 is 1.76 bits per heavy atom. The highest BCUT2D eigenvalue weighted by molar-refractivity contribution is 5.96. The molecule has 2 aliphatic rings. The molecule has 2 amide bonds. The predicted molar refractivity (Wildman–Crippen MR) is 113 cm³/mol. The molecule has 1 saturated heterocycles. The topological polar surface area (TPSA) is 122 Å². The van der Waals surface area contributed by atoms with Crippen LogP contribution in [0.5, 0.6) is 0 Å². The van der Waals surface area contributed by atoms with E-state index in [1.165, 1.54) is 13.0 Å². The minimum atomic E-state index is -0.455. The first kappa shape index (κ1) is 22.9. The fourth-order valence-corrected chi connectivity index (χ4v) is 3.87. The van der Waals surface area contributed by atoms with Crippen molar-refractivity contribution in [2.45, 2.75) is 44.7 Å². The molecule has 1 aromatic carbocycles. The fourth-order valence-electron chi connectivity index (χ4n) is 3.87. The van der Waals surface area contributed by atoms with Crippen molar-refractivity contribution in [3.05, 3.63) is 33.9 Å². The number of halogens is 1. The Morgan fingerprint density at radius 1 is 1.14 bits per heavy atom. The lowest BCUT2D eigenvalue weighted by atomic mass is 9.91. The second kappa shape index (κ2) is 9.89. The van der Waals surface area contributed by atoms with Crippen molar-refractivity contribution in [3.63, 3.8) is 0 Å². The Morgan fingerprint density at radius 3 is 2.31 bits per heavy atom. The van der Waals surface area contributed by atoms with Gasteiger partial charge in [0.1, 0.15) is 5.69 Å². The predicted octanol–water partition coefficient (Wildman–Crippen LogP) is 1.68. The number of hydrogen-bond acceptors (Lipinski definition) is 6. The van der Waals surface area contributed by atoms with E-state index in [0.29, 0.717) is 31.9 Å². The quantitative estimate of drug-likeness (QED) is 0.559. The Labute approximate surface area is 176 Å². The van der Waals surface area contributed by atoms with Crippen LogP contribution in [-0.4, -0.2) is 59.9 Å². The van der Waals surface area contributed by atoms with Crippen LogP contribution in [-0.2, 0) is 4.79 Å². The summed E-state index contributed by atoms with van der Waals surface area (Å²) in [7, 11) is 0. The van der Waals surface area contributed by atoms with Crippen LogP contribution < -0.4 is 16.0 Å². The molecule has 0 radical (unpaired) electrons. The van der Waals surface area contributed by atoms with Crippen molar-refractivity contribution in [2.24, 2.45) is 5.73 Å². The number of piperazine rings is 1. The molecule has 1 heterocycles. The Hall–Kier alpha value is -2.39. The molecule has 3 rings (SSSR count). The molecule has 0 bridgehead atoms. The lowest BCUT2D eigenvalue weighted by molar-refractivity contribution is -0.384. The molecule has 1 aliphatic heterocycles. The molecular weight excluding hydrogens is 398 g/mol. The zero-order valence-electron chi connectivity index (χ0n) is 16.5. The monoisotopic (exact) mass is 425 g/mol. The van der Waals surface area contributed by atoms with Crippen molar-refractivity contribution in [2.75, 3.05) is 31.1 Å². The zero-order chi connectivity index (χ0) is 20.3. The van der Waals surface area contributed by atoms with E-state index in [1.54, 1.807) is 17.0 Å². The van der Waals surface area contributed by atoms with Gasteiger partial charge in [-0.05, 0) is 37.8 Å². The zero-order valence-corrected chi connectivity index (χ0v) is 17.3. The molecule has 0 atom stereocenters. The number of anilines is 1. The summed E-state index contributed by atoms with van der Waals surface area (Å²) in [4.78, 5) is 38.8. The smallest absolute Gasteiger partial charge is 0.293 e. The number of nitro benzene ring substituents is 1. The summed E-state index contributed by atoms with van der Waals surface area (Å²) in [5, 5.41) is 14.6. The van der Waals surface area contributed by atoms with Crippen LogP contribution in [0.4, 0.5) is 11.4 Å². The Balaban J connectivity index is 0.00000300. The number of amides is 2. The molecule has 1 aliphatic carbocycles. The number of nitrogens with two attached hydrogens (primary N) is 1. The van der Waals surface area contributed by atoms with E-state index >= 15 is 0 Å². The number of nitrogens with one attached hydrogen (secondary N) is 1. The van der Waals surface area contributed by atoms with Crippen molar-refractivity contribution in [3.8, 4) is 0 Å². The van der Waals surface area contributed by atoms with E-state index in [9.17, 15) is 19.7 Å². The van der Waals surface area contributed by atoms with Crippen molar-refractivity contribution in [1.82, 2.24) is 10.2 Å². The van der Waals surface area contributed by atoms with Gasteiger partial charge in [-0.1, -0.05) is 0 Å². The summed E-state index contributed by atoms with van der Waals surface area (Å²) in [6.07, 6.45) is 3.40. The van der Waals surface area contributed by atoms with Gasteiger partial charge in [-0.25, -0.2) is 0 Å². The number of hydrogen-bond donors (Lipinski definition) is 2. The van der Waals surface area contributed by atoms with E-state index in [4.69, 9.17) is 5.73 Å².